The standard InChI is InChI=1S/C12H19NO/c1-14-11-5-9-13-10-8-12-6-3-2-4-7-12/h2-4,6-7,13H,5,8-11H2,1H3. The molecule has 1 rings (SSSR count). The maximum absolute atomic E-state index is 4.97. The summed E-state index contributed by atoms with van der Waals surface area (Å²) in [5.41, 5.74) is 1.40. The highest BCUT2D eigenvalue weighted by molar-refractivity contribution is 5.14. The van der Waals surface area contributed by atoms with Crippen LogP contribution < -0.4 is 5.32 Å². The first-order chi connectivity index (χ1) is 6.93. The minimum atomic E-state index is 0.846. The van der Waals surface area contributed by atoms with Crippen LogP contribution in [0.4, 0.5) is 0 Å². The van der Waals surface area contributed by atoms with Gasteiger partial charge in [0.25, 0.3) is 0 Å². The van der Waals surface area contributed by atoms with Crippen molar-refractivity contribution >= 4 is 0 Å². The average molecular weight is 193 g/mol. The summed E-state index contributed by atoms with van der Waals surface area (Å²) in [4.78, 5) is 0. The summed E-state index contributed by atoms with van der Waals surface area (Å²) in [6.07, 6.45) is 2.19. The number of benzene rings is 1. The molecule has 2 heteroatoms. The van der Waals surface area contributed by atoms with E-state index in [1.165, 1.54) is 5.56 Å². The molecule has 0 heterocycles. The fourth-order valence-electron chi connectivity index (χ4n) is 1.34. The summed E-state index contributed by atoms with van der Waals surface area (Å²) in [5, 5.41) is 3.39. The van der Waals surface area contributed by atoms with Crippen molar-refractivity contribution < 1.29 is 4.74 Å². The normalized spacial score (nSPS) is 10.4. The van der Waals surface area contributed by atoms with E-state index >= 15 is 0 Å². The summed E-state index contributed by atoms with van der Waals surface area (Å²) in [7, 11) is 1.74. The van der Waals surface area contributed by atoms with Gasteiger partial charge in [-0.3, -0.25) is 0 Å². The minimum absolute atomic E-state index is 0.846. The van der Waals surface area contributed by atoms with Crippen molar-refractivity contribution in [2.75, 3.05) is 26.8 Å². The maximum Gasteiger partial charge on any atom is 0.0474 e. The zero-order valence-corrected chi connectivity index (χ0v) is 8.83. The Bertz CT molecular complexity index is 223. The quantitative estimate of drug-likeness (QED) is 0.667. The second kappa shape index (κ2) is 7.54. The van der Waals surface area contributed by atoms with Gasteiger partial charge in [-0.25, -0.2) is 0 Å². The first-order valence-corrected chi connectivity index (χ1v) is 5.17. The highest BCUT2D eigenvalue weighted by atomic mass is 16.5. The summed E-state index contributed by atoms with van der Waals surface area (Å²) < 4.78 is 4.97. The molecular formula is C12H19NO. The van der Waals surface area contributed by atoms with Crippen molar-refractivity contribution in [1.82, 2.24) is 5.32 Å². The Hall–Kier alpha value is -0.860. The van der Waals surface area contributed by atoms with Gasteiger partial charge in [-0.2, -0.15) is 0 Å². The lowest BCUT2D eigenvalue weighted by Gasteiger charge is -2.04. The number of hydrogen-bond acceptors (Lipinski definition) is 2. The van der Waals surface area contributed by atoms with Crippen molar-refractivity contribution in [3.05, 3.63) is 35.9 Å². The summed E-state index contributed by atoms with van der Waals surface area (Å²) in [5.74, 6) is 0. The zero-order valence-electron chi connectivity index (χ0n) is 8.83. The van der Waals surface area contributed by atoms with Crippen LogP contribution in [0.2, 0.25) is 0 Å². The Labute approximate surface area is 86.3 Å². The van der Waals surface area contributed by atoms with E-state index in [2.05, 4.69) is 35.6 Å². The Morgan fingerprint density at radius 2 is 1.93 bits per heavy atom. The SMILES string of the molecule is COCCCNCCc1ccccc1. The number of rotatable bonds is 7. The molecule has 0 radical (unpaired) electrons. The Morgan fingerprint density at radius 1 is 1.14 bits per heavy atom. The lowest BCUT2D eigenvalue weighted by atomic mass is 10.1. The fraction of sp³-hybridized carbons (Fsp3) is 0.500. The molecule has 0 aliphatic rings. The highest BCUT2D eigenvalue weighted by Gasteiger charge is 1.91. The summed E-state index contributed by atoms with van der Waals surface area (Å²) >= 11 is 0. The van der Waals surface area contributed by atoms with Gasteiger partial charge in [0.1, 0.15) is 0 Å². The van der Waals surface area contributed by atoms with Crippen LogP contribution in [-0.2, 0) is 11.2 Å². The largest absolute Gasteiger partial charge is 0.385 e. The predicted molar refractivity (Wildman–Crippen MR) is 59.5 cm³/mol. The van der Waals surface area contributed by atoms with Crippen LogP contribution >= 0.6 is 0 Å². The predicted octanol–water partition coefficient (Wildman–Crippen LogP) is 1.86. The van der Waals surface area contributed by atoms with Crippen molar-refractivity contribution in [3.8, 4) is 0 Å². The minimum Gasteiger partial charge on any atom is -0.385 e. The molecule has 1 N–H and O–H groups in total. The molecule has 0 aromatic heterocycles. The molecule has 0 aliphatic heterocycles. The van der Waals surface area contributed by atoms with Gasteiger partial charge >= 0.3 is 0 Å². The molecule has 14 heavy (non-hydrogen) atoms. The highest BCUT2D eigenvalue weighted by Crippen LogP contribution is 1.97. The molecule has 2 nitrogen and oxygen atoms in total. The van der Waals surface area contributed by atoms with Crippen LogP contribution in [0.15, 0.2) is 30.3 Å². The van der Waals surface area contributed by atoms with Crippen molar-refractivity contribution in [1.29, 1.82) is 0 Å². The van der Waals surface area contributed by atoms with Crippen LogP contribution in [0.25, 0.3) is 0 Å². The van der Waals surface area contributed by atoms with Crippen molar-refractivity contribution in [3.63, 3.8) is 0 Å². The molecule has 0 fully saturated rings. The van der Waals surface area contributed by atoms with Gasteiger partial charge in [-0.15, -0.1) is 0 Å². The second-order valence-electron chi connectivity index (χ2n) is 3.33. The van der Waals surface area contributed by atoms with E-state index in [9.17, 15) is 0 Å². The first kappa shape index (κ1) is 11.2. The van der Waals surface area contributed by atoms with Gasteiger partial charge in [0.05, 0.1) is 0 Å². The third-order valence-corrected chi connectivity index (χ3v) is 2.14. The van der Waals surface area contributed by atoms with E-state index in [1.807, 2.05) is 0 Å². The third-order valence-electron chi connectivity index (χ3n) is 2.14. The lowest BCUT2D eigenvalue weighted by Crippen LogP contribution is -2.19. The second-order valence-corrected chi connectivity index (χ2v) is 3.33. The average Bonchev–Trinajstić information content (AvgIpc) is 2.25. The maximum atomic E-state index is 4.97. The monoisotopic (exact) mass is 193 g/mol. The van der Waals surface area contributed by atoms with Crippen LogP contribution in [0.1, 0.15) is 12.0 Å². The lowest BCUT2D eigenvalue weighted by molar-refractivity contribution is 0.194. The van der Waals surface area contributed by atoms with E-state index in [0.29, 0.717) is 0 Å². The topological polar surface area (TPSA) is 21.3 Å². The van der Waals surface area contributed by atoms with Gasteiger partial charge < -0.3 is 10.1 Å². The van der Waals surface area contributed by atoms with E-state index in [-0.39, 0.29) is 0 Å². The molecule has 0 saturated carbocycles. The van der Waals surface area contributed by atoms with E-state index < -0.39 is 0 Å². The van der Waals surface area contributed by atoms with Crippen LogP contribution in [0.5, 0.6) is 0 Å². The van der Waals surface area contributed by atoms with Gasteiger partial charge in [0.15, 0.2) is 0 Å². The molecule has 1 aromatic rings. The third kappa shape index (κ3) is 5.00. The van der Waals surface area contributed by atoms with E-state index in [0.717, 1.165) is 32.5 Å². The van der Waals surface area contributed by atoms with E-state index in [1.54, 1.807) is 7.11 Å². The van der Waals surface area contributed by atoms with Crippen LogP contribution in [-0.4, -0.2) is 26.8 Å². The molecule has 0 bridgehead atoms. The Balaban J connectivity index is 1.99. The van der Waals surface area contributed by atoms with Gasteiger partial charge in [0, 0.05) is 13.7 Å². The molecule has 0 spiro atoms. The smallest absolute Gasteiger partial charge is 0.0474 e. The summed E-state index contributed by atoms with van der Waals surface area (Å²) in [6, 6.07) is 10.5. The molecule has 0 aliphatic carbocycles. The molecular weight excluding hydrogens is 174 g/mol. The van der Waals surface area contributed by atoms with Crippen molar-refractivity contribution in [2.45, 2.75) is 12.8 Å². The first-order valence-electron chi connectivity index (χ1n) is 5.17. The molecule has 78 valence electrons. The molecule has 1 aromatic carbocycles. The van der Waals surface area contributed by atoms with Gasteiger partial charge in [0.2, 0.25) is 0 Å². The number of methoxy groups -OCH3 is 1. The summed E-state index contributed by atoms with van der Waals surface area (Å²) in [6.45, 7) is 2.94. The fourth-order valence-corrected chi connectivity index (χ4v) is 1.34. The van der Waals surface area contributed by atoms with Crippen molar-refractivity contribution in [2.24, 2.45) is 0 Å². The Kier molecular flexibility index (Phi) is 6.04. The number of hydrogen-bond donors (Lipinski definition) is 1. The number of nitrogens with one attached hydrogen (secondary N) is 1. The molecule has 0 unspecified atom stereocenters. The van der Waals surface area contributed by atoms with Gasteiger partial charge in [-0.05, 0) is 31.5 Å². The van der Waals surface area contributed by atoms with Crippen LogP contribution in [0, 0.1) is 0 Å². The molecule has 0 saturated heterocycles. The number of ether oxygens (including phenoxy) is 1. The van der Waals surface area contributed by atoms with Crippen LogP contribution in [0.3, 0.4) is 0 Å². The van der Waals surface area contributed by atoms with Gasteiger partial charge in [-0.1, -0.05) is 30.3 Å². The molecule has 0 amide bonds. The zero-order chi connectivity index (χ0) is 10.1. The molecule has 0 atom stereocenters. The Morgan fingerprint density at radius 3 is 2.64 bits per heavy atom. The van der Waals surface area contributed by atoms with E-state index in [4.69, 9.17) is 4.74 Å².